The van der Waals surface area contributed by atoms with Gasteiger partial charge in [0.1, 0.15) is 16.5 Å². The minimum Gasteiger partial charge on any atom is -0.465 e. The van der Waals surface area contributed by atoms with Crippen LogP contribution in [-0.2, 0) is 14.3 Å². The molecule has 1 heterocycles. The van der Waals surface area contributed by atoms with Gasteiger partial charge in [0.2, 0.25) is 5.91 Å². The minimum absolute atomic E-state index is 0.170. The van der Waals surface area contributed by atoms with Crippen molar-refractivity contribution in [3.63, 3.8) is 0 Å². The van der Waals surface area contributed by atoms with Crippen LogP contribution in [0.5, 0.6) is 0 Å². The number of nitrogens with one attached hydrogen (secondary N) is 1. The number of hydrogen-bond donors (Lipinski definition) is 1. The maximum atomic E-state index is 12.8. The molecular weight excluding hydrogens is 424 g/mol. The smallest absolute Gasteiger partial charge is 0.410 e. The number of thiophene rings is 1. The first-order chi connectivity index (χ1) is 11.9. The zero-order valence-electron chi connectivity index (χ0n) is 16.0. The number of anilines is 1. The van der Waals surface area contributed by atoms with Gasteiger partial charge >= 0.3 is 12.1 Å². The van der Waals surface area contributed by atoms with E-state index in [1.165, 1.54) is 19.1 Å². The summed E-state index contributed by atoms with van der Waals surface area (Å²) in [6, 6.07) is 0.855. The van der Waals surface area contributed by atoms with Crippen molar-refractivity contribution >= 4 is 50.9 Å². The molecule has 1 rings (SSSR count). The summed E-state index contributed by atoms with van der Waals surface area (Å²) in [6.45, 7) is 8.93. The molecule has 0 saturated carbocycles. The van der Waals surface area contributed by atoms with Gasteiger partial charge in [-0.05, 0) is 48.7 Å². The second-order valence-corrected chi connectivity index (χ2v) is 9.49. The molecular formula is C17H25BrN2O5S. The lowest BCUT2D eigenvalue weighted by Crippen LogP contribution is -2.49. The SMILES string of the molecule is COC(=O)c1sc(Br)cc1NC(=O)C(C(C)C)N(C)C(=O)OC(C)(C)C. The van der Waals surface area contributed by atoms with Gasteiger partial charge in [-0.25, -0.2) is 9.59 Å². The number of ether oxygens (including phenoxy) is 2. The van der Waals surface area contributed by atoms with Crippen LogP contribution in [0.15, 0.2) is 9.85 Å². The maximum Gasteiger partial charge on any atom is 0.410 e. The third-order valence-electron chi connectivity index (χ3n) is 3.33. The number of rotatable bonds is 5. The Hall–Kier alpha value is -1.61. The van der Waals surface area contributed by atoms with E-state index in [0.717, 1.165) is 11.3 Å². The lowest BCUT2D eigenvalue weighted by molar-refractivity contribution is -0.122. The molecule has 1 unspecified atom stereocenters. The summed E-state index contributed by atoms with van der Waals surface area (Å²) >= 11 is 4.45. The summed E-state index contributed by atoms with van der Waals surface area (Å²) in [4.78, 5) is 38.6. The van der Waals surface area contributed by atoms with E-state index >= 15 is 0 Å². The van der Waals surface area contributed by atoms with Crippen molar-refractivity contribution in [2.24, 2.45) is 5.92 Å². The van der Waals surface area contributed by atoms with Gasteiger partial charge in [0.15, 0.2) is 0 Å². The summed E-state index contributed by atoms with van der Waals surface area (Å²) < 4.78 is 10.8. The zero-order valence-corrected chi connectivity index (χ0v) is 18.4. The lowest BCUT2D eigenvalue weighted by atomic mass is 10.0. The van der Waals surface area contributed by atoms with Crippen molar-refractivity contribution in [2.75, 3.05) is 19.5 Å². The van der Waals surface area contributed by atoms with Crippen LogP contribution in [0.3, 0.4) is 0 Å². The van der Waals surface area contributed by atoms with Crippen LogP contribution in [0.4, 0.5) is 10.5 Å². The van der Waals surface area contributed by atoms with E-state index in [2.05, 4.69) is 21.2 Å². The van der Waals surface area contributed by atoms with E-state index < -0.39 is 29.6 Å². The summed E-state index contributed by atoms with van der Waals surface area (Å²) in [5.41, 5.74) is -0.332. The summed E-state index contributed by atoms with van der Waals surface area (Å²) in [7, 11) is 2.79. The quantitative estimate of drug-likeness (QED) is 0.684. The predicted molar refractivity (Wildman–Crippen MR) is 105 cm³/mol. The Kier molecular flexibility index (Phi) is 7.64. The molecule has 0 saturated heterocycles. The molecule has 1 N–H and O–H groups in total. The molecule has 1 aromatic heterocycles. The van der Waals surface area contributed by atoms with Crippen molar-refractivity contribution in [3.8, 4) is 0 Å². The van der Waals surface area contributed by atoms with Gasteiger partial charge in [-0.15, -0.1) is 11.3 Å². The highest BCUT2D eigenvalue weighted by Crippen LogP contribution is 2.32. The highest BCUT2D eigenvalue weighted by atomic mass is 79.9. The molecule has 0 aromatic carbocycles. The van der Waals surface area contributed by atoms with E-state index in [-0.39, 0.29) is 10.8 Å². The fourth-order valence-electron chi connectivity index (χ4n) is 2.28. The van der Waals surface area contributed by atoms with Gasteiger partial charge in [-0.3, -0.25) is 9.69 Å². The van der Waals surface area contributed by atoms with Gasteiger partial charge in [0, 0.05) is 7.05 Å². The molecule has 7 nitrogen and oxygen atoms in total. The van der Waals surface area contributed by atoms with Gasteiger partial charge in [0.25, 0.3) is 0 Å². The van der Waals surface area contributed by atoms with Crippen LogP contribution in [0.2, 0.25) is 0 Å². The van der Waals surface area contributed by atoms with Gasteiger partial charge in [-0.1, -0.05) is 13.8 Å². The topological polar surface area (TPSA) is 84.9 Å². The molecule has 0 radical (unpaired) electrons. The molecule has 0 bridgehead atoms. The molecule has 0 fully saturated rings. The molecule has 2 amide bonds. The Labute approximate surface area is 166 Å². The van der Waals surface area contributed by atoms with Crippen LogP contribution in [0, 0.1) is 5.92 Å². The Morgan fingerprint density at radius 3 is 2.31 bits per heavy atom. The molecule has 0 aliphatic carbocycles. The molecule has 1 atom stereocenters. The number of hydrogen-bond acceptors (Lipinski definition) is 6. The monoisotopic (exact) mass is 448 g/mol. The van der Waals surface area contributed by atoms with Crippen molar-refractivity contribution < 1.29 is 23.9 Å². The van der Waals surface area contributed by atoms with Gasteiger partial charge in [0.05, 0.1) is 16.6 Å². The minimum atomic E-state index is -0.769. The zero-order chi connectivity index (χ0) is 20.2. The standard InChI is InChI=1S/C17H25BrN2O5S/c1-9(2)12(20(6)16(23)25-17(3,4)5)14(21)19-10-8-11(18)26-13(10)15(22)24-7/h8-9,12H,1-7H3,(H,19,21). The van der Waals surface area contributed by atoms with E-state index in [1.807, 2.05) is 13.8 Å². The number of nitrogens with zero attached hydrogens (tertiary/aromatic N) is 1. The van der Waals surface area contributed by atoms with Crippen molar-refractivity contribution in [3.05, 3.63) is 14.7 Å². The number of carbonyl (C=O) groups is 3. The second-order valence-electron chi connectivity index (χ2n) is 7.05. The molecule has 0 aliphatic rings. The number of esters is 1. The van der Waals surface area contributed by atoms with E-state index in [9.17, 15) is 14.4 Å². The molecule has 0 spiro atoms. The van der Waals surface area contributed by atoms with Crippen LogP contribution in [0.25, 0.3) is 0 Å². The first-order valence-electron chi connectivity index (χ1n) is 8.01. The molecule has 1 aromatic rings. The highest BCUT2D eigenvalue weighted by Gasteiger charge is 2.33. The number of methoxy groups -OCH3 is 1. The number of halogens is 1. The fourth-order valence-corrected chi connectivity index (χ4v) is 3.75. The second kappa shape index (κ2) is 8.85. The van der Waals surface area contributed by atoms with Crippen molar-refractivity contribution in [1.29, 1.82) is 0 Å². The average molecular weight is 449 g/mol. The Bertz CT molecular complexity index is 681. The molecule has 9 heteroatoms. The summed E-state index contributed by atoms with van der Waals surface area (Å²) in [6.07, 6.45) is -0.592. The number of likely N-dealkylation sites (N-methyl/N-ethyl adjacent to an activating group) is 1. The Morgan fingerprint density at radius 2 is 1.85 bits per heavy atom. The number of carbonyl (C=O) groups excluding carboxylic acids is 3. The van der Waals surface area contributed by atoms with Gasteiger partial charge < -0.3 is 14.8 Å². The van der Waals surface area contributed by atoms with Crippen molar-refractivity contribution in [2.45, 2.75) is 46.3 Å². The molecule has 0 aliphatic heterocycles. The lowest BCUT2D eigenvalue weighted by Gasteiger charge is -2.32. The summed E-state index contributed by atoms with van der Waals surface area (Å²) in [5, 5.41) is 2.72. The maximum absolute atomic E-state index is 12.8. The third kappa shape index (κ3) is 5.98. The van der Waals surface area contributed by atoms with E-state index in [4.69, 9.17) is 9.47 Å². The number of amides is 2. The van der Waals surface area contributed by atoms with Crippen LogP contribution >= 0.6 is 27.3 Å². The first kappa shape index (κ1) is 22.4. The van der Waals surface area contributed by atoms with Crippen LogP contribution in [0.1, 0.15) is 44.3 Å². The fraction of sp³-hybridized carbons (Fsp3) is 0.588. The van der Waals surface area contributed by atoms with E-state index in [1.54, 1.807) is 26.8 Å². The third-order valence-corrected chi connectivity index (χ3v) is 4.95. The summed E-state index contributed by atoms with van der Waals surface area (Å²) in [5.74, 6) is -1.13. The van der Waals surface area contributed by atoms with Crippen LogP contribution in [-0.4, -0.2) is 48.7 Å². The van der Waals surface area contributed by atoms with Crippen LogP contribution < -0.4 is 5.32 Å². The predicted octanol–water partition coefficient (Wildman–Crippen LogP) is 4.13. The Morgan fingerprint density at radius 1 is 1.27 bits per heavy atom. The molecule has 146 valence electrons. The average Bonchev–Trinajstić information content (AvgIpc) is 2.84. The molecule has 26 heavy (non-hydrogen) atoms. The van der Waals surface area contributed by atoms with E-state index in [0.29, 0.717) is 9.47 Å². The van der Waals surface area contributed by atoms with Gasteiger partial charge in [-0.2, -0.15) is 0 Å². The normalized spacial score (nSPS) is 12.5. The highest BCUT2D eigenvalue weighted by molar-refractivity contribution is 9.11. The first-order valence-corrected chi connectivity index (χ1v) is 9.62. The Balaban J connectivity index is 3.04. The van der Waals surface area contributed by atoms with Crippen molar-refractivity contribution in [1.82, 2.24) is 4.90 Å². The largest absolute Gasteiger partial charge is 0.465 e.